The highest BCUT2D eigenvalue weighted by Gasteiger charge is 2.77. The number of hydrogen-bond acceptors (Lipinski definition) is 4. The SMILES string of the molecule is CC1C(C(=O)O)C(C(=O)O)CC2C(C(=O)O)C(C(=O)O)(C(C)(C)C)C12. The summed E-state index contributed by atoms with van der Waals surface area (Å²) in [6.07, 6.45) is -0.136. The lowest BCUT2D eigenvalue weighted by molar-refractivity contribution is -0.251. The van der Waals surface area contributed by atoms with E-state index in [0.29, 0.717) is 0 Å². The van der Waals surface area contributed by atoms with Gasteiger partial charge in [-0.1, -0.05) is 27.7 Å². The molecule has 8 heteroatoms. The van der Waals surface area contributed by atoms with Crippen LogP contribution in [0.4, 0.5) is 0 Å². The summed E-state index contributed by atoms with van der Waals surface area (Å²) in [6.45, 7) is 6.45. The molecular formula is C17H24O8. The molecule has 8 nitrogen and oxygen atoms in total. The lowest BCUT2D eigenvalue weighted by Crippen LogP contribution is -2.73. The average molecular weight is 356 g/mol. The summed E-state index contributed by atoms with van der Waals surface area (Å²) in [5.74, 6) is -10.9. The molecule has 0 saturated heterocycles. The second-order valence-electron chi connectivity index (χ2n) is 8.33. The minimum absolute atomic E-state index is 0.136. The molecule has 0 radical (unpaired) electrons. The van der Waals surface area contributed by atoms with Gasteiger partial charge < -0.3 is 20.4 Å². The maximum Gasteiger partial charge on any atom is 0.311 e. The van der Waals surface area contributed by atoms with E-state index in [2.05, 4.69) is 0 Å². The highest BCUT2D eigenvalue weighted by molar-refractivity contribution is 5.89. The van der Waals surface area contributed by atoms with Crippen LogP contribution in [0.3, 0.4) is 0 Å². The summed E-state index contributed by atoms with van der Waals surface area (Å²) in [5.41, 5.74) is -2.57. The fourth-order valence-electron chi connectivity index (χ4n) is 5.68. The highest BCUT2D eigenvalue weighted by atomic mass is 16.4. The fraction of sp³-hybridized carbons (Fsp3) is 0.765. The van der Waals surface area contributed by atoms with Crippen LogP contribution in [0.25, 0.3) is 0 Å². The predicted octanol–water partition coefficient (Wildman–Crippen LogP) is 1.49. The van der Waals surface area contributed by atoms with Crippen molar-refractivity contribution in [3.05, 3.63) is 0 Å². The number of carboxylic acids is 4. The van der Waals surface area contributed by atoms with Crippen molar-refractivity contribution < 1.29 is 39.6 Å². The van der Waals surface area contributed by atoms with Gasteiger partial charge in [0.05, 0.1) is 23.2 Å². The maximum atomic E-state index is 12.2. The molecule has 2 aliphatic rings. The van der Waals surface area contributed by atoms with Crippen LogP contribution in [0, 0.1) is 46.3 Å². The number of carbonyl (C=O) groups is 4. The van der Waals surface area contributed by atoms with Crippen molar-refractivity contribution in [2.75, 3.05) is 0 Å². The zero-order valence-corrected chi connectivity index (χ0v) is 14.6. The second-order valence-corrected chi connectivity index (χ2v) is 8.33. The third-order valence-corrected chi connectivity index (χ3v) is 6.46. The first kappa shape index (κ1) is 19.2. The summed E-state index contributed by atoms with van der Waals surface area (Å²) in [7, 11) is 0. The van der Waals surface area contributed by atoms with Gasteiger partial charge in [-0.15, -0.1) is 0 Å². The number of rotatable bonds is 4. The van der Waals surface area contributed by atoms with Gasteiger partial charge in [-0.3, -0.25) is 19.2 Å². The topological polar surface area (TPSA) is 149 Å². The number of aliphatic carboxylic acids is 4. The van der Waals surface area contributed by atoms with Crippen LogP contribution in [0.15, 0.2) is 0 Å². The molecule has 2 rings (SSSR count). The van der Waals surface area contributed by atoms with Crippen LogP contribution in [-0.4, -0.2) is 44.3 Å². The Morgan fingerprint density at radius 3 is 1.76 bits per heavy atom. The number of carboxylic acid groups (broad SMARTS) is 4. The molecule has 0 amide bonds. The molecule has 140 valence electrons. The Labute approximate surface area is 144 Å². The number of hydrogen-bond donors (Lipinski definition) is 4. The molecular weight excluding hydrogens is 332 g/mol. The Hall–Kier alpha value is -2.12. The lowest BCUT2D eigenvalue weighted by atomic mass is 9.33. The first-order chi connectivity index (χ1) is 11.3. The normalized spacial score (nSPS) is 40.5. The molecule has 2 saturated carbocycles. The Bertz CT molecular complexity index is 631. The molecule has 0 aliphatic heterocycles. The summed E-state index contributed by atoms with van der Waals surface area (Å²) < 4.78 is 0. The van der Waals surface area contributed by atoms with Crippen molar-refractivity contribution in [2.45, 2.75) is 34.1 Å². The molecule has 25 heavy (non-hydrogen) atoms. The minimum Gasteiger partial charge on any atom is -0.481 e. The smallest absolute Gasteiger partial charge is 0.311 e. The van der Waals surface area contributed by atoms with Gasteiger partial charge in [-0.2, -0.15) is 0 Å². The molecule has 0 bridgehead atoms. The van der Waals surface area contributed by atoms with E-state index in [0.717, 1.165) is 0 Å². The van der Waals surface area contributed by atoms with Crippen molar-refractivity contribution in [1.29, 1.82) is 0 Å². The average Bonchev–Trinajstić information content (AvgIpc) is 2.36. The van der Waals surface area contributed by atoms with Gasteiger partial charge in [0, 0.05) is 0 Å². The summed E-state index contributed by atoms with van der Waals surface area (Å²) >= 11 is 0. The van der Waals surface area contributed by atoms with Gasteiger partial charge in [-0.25, -0.2) is 0 Å². The van der Waals surface area contributed by atoms with Crippen LogP contribution in [0.1, 0.15) is 34.1 Å². The van der Waals surface area contributed by atoms with E-state index < -0.39 is 70.2 Å². The van der Waals surface area contributed by atoms with E-state index in [-0.39, 0.29) is 6.42 Å². The van der Waals surface area contributed by atoms with Crippen LogP contribution in [0.2, 0.25) is 0 Å². The molecule has 2 fully saturated rings. The summed E-state index contributed by atoms with van der Waals surface area (Å²) in [4.78, 5) is 47.3. The van der Waals surface area contributed by atoms with E-state index >= 15 is 0 Å². The monoisotopic (exact) mass is 356 g/mol. The molecule has 0 aromatic carbocycles. The van der Waals surface area contributed by atoms with Gasteiger partial charge in [0.1, 0.15) is 0 Å². The Morgan fingerprint density at radius 2 is 1.44 bits per heavy atom. The van der Waals surface area contributed by atoms with Gasteiger partial charge in [-0.05, 0) is 29.6 Å². The summed E-state index contributed by atoms with van der Waals surface area (Å²) in [6, 6.07) is 0. The van der Waals surface area contributed by atoms with Crippen molar-refractivity contribution in [2.24, 2.45) is 46.3 Å². The molecule has 0 aromatic rings. The highest BCUT2D eigenvalue weighted by Crippen LogP contribution is 2.71. The molecule has 0 spiro atoms. The quantitative estimate of drug-likeness (QED) is 0.592. The Kier molecular flexibility index (Phi) is 4.39. The van der Waals surface area contributed by atoms with Gasteiger partial charge in [0.15, 0.2) is 0 Å². The van der Waals surface area contributed by atoms with E-state index in [1.165, 1.54) is 6.92 Å². The molecule has 0 aromatic heterocycles. The Balaban J connectivity index is 2.64. The van der Waals surface area contributed by atoms with Crippen molar-refractivity contribution in [3.8, 4) is 0 Å². The first-order valence-electron chi connectivity index (χ1n) is 8.21. The van der Waals surface area contributed by atoms with Gasteiger partial charge in [0.2, 0.25) is 0 Å². The van der Waals surface area contributed by atoms with Crippen molar-refractivity contribution in [3.63, 3.8) is 0 Å². The number of fused-ring (bicyclic) bond motifs is 1. The standard InChI is InChI=1S/C17H24O8/c1-6-9(13(20)21)7(12(18)19)5-8-10(6)17(15(24)25,16(2,3)4)11(8)14(22)23/h6-11H,5H2,1-4H3,(H,18,19)(H,20,21)(H,22,23)(H,24,25). The molecule has 7 unspecified atom stereocenters. The molecule has 4 N–H and O–H groups in total. The molecule has 2 aliphatic carbocycles. The zero-order valence-electron chi connectivity index (χ0n) is 14.6. The lowest BCUT2D eigenvalue weighted by Gasteiger charge is -2.67. The minimum atomic E-state index is -1.64. The Morgan fingerprint density at radius 1 is 0.920 bits per heavy atom. The maximum absolute atomic E-state index is 12.2. The van der Waals surface area contributed by atoms with Crippen molar-refractivity contribution in [1.82, 2.24) is 0 Å². The van der Waals surface area contributed by atoms with Gasteiger partial charge >= 0.3 is 23.9 Å². The predicted molar refractivity (Wildman–Crippen MR) is 83.7 cm³/mol. The summed E-state index contributed by atoms with van der Waals surface area (Å²) in [5, 5.41) is 38.6. The van der Waals surface area contributed by atoms with E-state index in [4.69, 9.17) is 0 Å². The van der Waals surface area contributed by atoms with E-state index in [1.54, 1.807) is 20.8 Å². The third kappa shape index (κ3) is 2.33. The first-order valence-corrected chi connectivity index (χ1v) is 8.21. The fourth-order valence-corrected chi connectivity index (χ4v) is 5.68. The van der Waals surface area contributed by atoms with Crippen LogP contribution in [-0.2, 0) is 19.2 Å². The second kappa shape index (κ2) is 5.71. The van der Waals surface area contributed by atoms with Gasteiger partial charge in [0.25, 0.3) is 0 Å². The molecule has 0 heterocycles. The third-order valence-electron chi connectivity index (χ3n) is 6.46. The van der Waals surface area contributed by atoms with E-state index in [1.807, 2.05) is 0 Å². The zero-order chi connectivity index (χ0) is 19.5. The molecule has 7 atom stereocenters. The van der Waals surface area contributed by atoms with Crippen LogP contribution < -0.4 is 0 Å². The van der Waals surface area contributed by atoms with Crippen LogP contribution >= 0.6 is 0 Å². The van der Waals surface area contributed by atoms with Crippen molar-refractivity contribution >= 4 is 23.9 Å². The van der Waals surface area contributed by atoms with E-state index in [9.17, 15) is 39.6 Å². The van der Waals surface area contributed by atoms with Crippen LogP contribution in [0.5, 0.6) is 0 Å². The largest absolute Gasteiger partial charge is 0.481 e.